The number of rotatable bonds is 6. The van der Waals surface area contributed by atoms with E-state index in [-0.39, 0.29) is 0 Å². The zero-order chi connectivity index (χ0) is 7.82. The van der Waals surface area contributed by atoms with E-state index in [0.29, 0.717) is 19.1 Å². The molecule has 0 aliphatic carbocycles. The van der Waals surface area contributed by atoms with Gasteiger partial charge in [-0.25, -0.2) is 5.11 Å². The molecule has 0 atom stereocenters. The second-order valence-electron chi connectivity index (χ2n) is 2.49. The molecule has 3 nitrogen and oxygen atoms in total. The Morgan fingerprint density at radius 1 is 1.20 bits per heavy atom. The molecule has 0 unspecified atom stereocenters. The van der Waals surface area contributed by atoms with E-state index < -0.39 is 6.79 Å². The number of ether oxygens (including phenoxy) is 2. The van der Waals surface area contributed by atoms with Crippen LogP contribution in [0.5, 0.6) is 0 Å². The van der Waals surface area contributed by atoms with Crippen LogP contribution in [0.2, 0.25) is 0 Å². The molecule has 0 fully saturated rings. The van der Waals surface area contributed by atoms with Gasteiger partial charge in [-0.3, -0.25) is 0 Å². The minimum Gasteiger partial charge on any atom is -0.379 e. The Morgan fingerprint density at radius 2 is 1.80 bits per heavy atom. The Balaban J connectivity index is 2.77. The van der Waals surface area contributed by atoms with E-state index in [2.05, 4.69) is 18.6 Å². The van der Waals surface area contributed by atoms with E-state index in [1.54, 1.807) is 0 Å². The lowest BCUT2D eigenvalue weighted by molar-refractivity contribution is -0.0636. The summed E-state index contributed by atoms with van der Waals surface area (Å²) in [5, 5.41) is 9.75. The molecular weight excluding hydrogens is 132 g/mol. The van der Waals surface area contributed by atoms with Crippen LogP contribution >= 0.6 is 0 Å². The van der Waals surface area contributed by atoms with Gasteiger partial charge in [-0.1, -0.05) is 13.8 Å². The van der Waals surface area contributed by atoms with E-state index in [1.807, 2.05) is 0 Å². The second kappa shape index (κ2) is 6.99. The minimum atomic E-state index is -0.467. The monoisotopic (exact) mass is 147 g/mol. The predicted molar refractivity (Wildman–Crippen MR) is 37.2 cm³/mol. The fourth-order valence-corrected chi connectivity index (χ4v) is 0.496. The van der Waals surface area contributed by atoms with E-state index >= 15 is 0 Å². The molecule has 0 heterocycles. The van der Waals surface area contributed by atoms with Crippen molar-refractivity contribution in [2.75, 3.05) is 26.6 Å². The number of hydrogen-bond donors (Lipinski definition) is 0. The third-order valence-electron chi connectivity index (χ3n) is 0.907. The van der Waals surface area contributed by atoms with Crippen LogP contribution in [0.3, 0.4) is 0 Å². The van der Waals surface area contributed by atoms with Crippen molar-refractivity contribution in [2.45, 2.75) is 13.8 Å². The maximum Gasteiger partial charge on any atom is 0.180 e. The molecule has 0 amide bonds. The first-order valence-corrected chi connectivity index (χ1v) is 3.51. The summed E-state index contributed by atoms with van der Waals surface area (Å²) in [4.78, 5) is 0. The molecule has 0 aromatic carbocycles. The Morgan fingerprint density at radius 3 is 2.30 bits per heavy atom. The molecule has 1 radical (unpaired) electrons. The second-order valence-corrected chi connectivity index (χ2v) is 2.49. The minimum absolute atomic E-state index is 0.413. The maximum atomic E-state index is 9.75. The van der Waals surface area contributed by atoms with E-state index in [9.17, 15) is 5.11 Å². The molecule has 0 saturated heterocycles. The molecule has 0 spiro atoms. The standard InChI is InChI=1S/C7H15O3/c1-7(2)5-9-3-4-10-6-8/h7H,3-6H2,1-2H3. The van der Waals surface area contributed by atoms with Crippen molar-refractivity contribution in [1.29, 1.82) is 0 Å². The largest absolute Gasteiger partial charge is 0.379 e. The highest BCUT2D eigenvalue weighted by atomic mass is 16.6. The summed E-state index contributed by atoms with van der Waals surface area (Å²) in [6, 6.07) is 0. The van der Waals surface area contributed by atoms with Gasteiger partial charge in [0, 0.05) is 6.61 Å². The first-order valence-electron chi connectivity index (χ1n) is 3.51. The Bertz CT molecular complexity index is 63.9. The van der Waals surface area contributed by atoms with Gasteiger partial charge in [-0.05, 0) is 5.92 Å². The van der Waals surface area contributed by atoms with Crippen LogP contribution in [0, 0.1) is 5.92 Å². The van der Waals surface area contributed by atoms with Crippen LogP contribution in [0.4, 0.5) is 0 Å². The fourth-order valence-electron chi connectivity index (χ4n) is 0.496. The summed E-state index contributed by atoms with van der Waals surface area (Å²) >= 11 is 0. The summed E-state index contributed by atoms with van der Waals surface area (Å²) in [5.41, 5.74) is 0. The fraction of sp³-hybridized carbons (Fsp3) is 1.00. The molecule has 0 aliphatic rings. The lowest BCUT2D eigenvalue weighted by Crippen LogP contribution is -2.08. The van der Waals surface area contributed by atoms with E-state index in [1.165, 1.54) is 0 Å². The average Bonchev–Trinajstić information content (AvgIpc) is 1.87. The molecule has 0 saturated carbocycles. The van der Waals surface area contributed by atoms with Crippen molar-refractivity contribution in [2.24, 2.45) is 5.92 Å². The highest BCUT2D eigenvalue weighted by Gasteiger charge is 1.92. The van der Waals surface area contributed by atoms with Crippen LogP contribution in [-0.4, -0.2) is 26.6 Å². The van der Waals surface area contributed by atoms with Gasteiger partial charge in [0.15, 0.2) is 6.79 Å². The van der Waals surface area contributed by atoms with Crippen LogP contribution in [0.25, 0.3) is 0 Å². The quantitative estimate of drug-likeness (QED) is 0.416. The Hall–Kier alpha value is -0.120. The SMILES string of the molecule is CC(C)COCCOC[O]. The molecule has 3 heteroatoms. The molecule has 0 aromatic rings. The van der Waals surface area contributed by atoms with Crippen LogP contribution in [0.15, 0.2) is 0 Å². The Kier molecular flexibility index (Phi) is 6.91. The van der Waals surface area contributed by atoms with Crippen LogP contribution in [0.1, 0.15) is 13.8 Å². The van der Waals surface area contributed by atoms with E-state index in [4.69, 9.17) is 4.74 Å². The molecule has 0 aromatic heterocycles. The molecule has 10 heavy (non-hydrogen) atoms. The third kappa shape index (κ3) is 7.88. The van der Waals surface area contributed by atoms with Gasteiger partial charge in [0.2, 0.25) is 0 Å². The van der Waals surface area contributed by atoms with Crippen molar-refractivity contribution in [3.63, 3.8) is 0 Å². The van der Waals surface area contributed by atoms with Crippen molar-refractivity contribution in [1.82, 2.24) is 0 Å². The molecule has 0 N–H and O–H groups in total. The molecule has 61 valence electrons. The Labute approximate surface area is 62.0 Å². The van der Waals surface area contributed by atoms with Gasteiger partial charge in [0.05, 0.1) is 13.2 Å². The highest BCUT2D eigenvalue weighted by molar-refractivity contribution is 4.38. The molecule has 0 aliphatic heterocycles. The van der Waals surface area contributed by atoms with Crippen molar-refractivity contribution >= 4 is 0 Å². The first-order chi connectivity index (χ1) is 4.77. The summed E-state index contributed by atoms with van der Waals surface area (Å²) in [7, 11) is 0. The van der Waals surface area contributed by atoms with Crippen molar-refractivity contribution < 1.29 is 14.6 Å². The van der Waals surface area contributed by atoms with Gasteiger partial charge in [0.1, 0.15) is 0 Å². The first kappa shape index (κ1) is 9.88. The summed E-state index contributed by atoms with van der Waals surface area (Å²) in [5.74, 6) is 0.548. The summed E-state index contributed by atoms with van der Waals surface area (Å²) in [6.45, 7) is 5.37. The van der Waals surface area contributed by atoms with Gasteiger partial charge in [-0.15, -0.1) is 0 Å². The molecule has 0 rings (SSSR count). The highest BCUT2D eigenvalue weighted by Crippen LogP contribution is 1.91. The molecule has 0 bridgehead atoms. The maximum absolute atomic E-state index is 9.75. The van der Waals surface area contributed by atoms with Crippen LogP contribution in [-0.2, 0) is 14.6 Å². The van der Waals surface area contributed by atoms with Gasteiger partial charge in [0.25, 0.3) is 0 Å². The lowest BCUT2D eigenvalue weighted by Gasteiger charge is -2.05. The van der Waals surface area contributed by atoms with E-state index in [0.717, 1.165) is 6.61 Å². The zero-order valence-electron chi connectivity index (χ0n) is 6.63. The van der Waals surface area contributed by atoms with Gasteiger partial charge in [-0.2, -0.15) is 0 Å². The summed E-state index contributed by atoms with van der Waals surface area (Å²) < 4.78 is 9.67. The molecular formula is C7H15O3. The van der Waals surface area contributed by atoms with Crippen LogP contribution < -0.4 is 0 Å². The average molecular weight is 147 g/mol. The van der Waals surface area contributed by atoms with Crippen molar-refractivity contribution in [3.8, 4) is 0 Å². The zero-order valence-corrected chi connectivity index (χ0v) is 6.63. The van der Waals surface area contributed by atoms with Gasteiger partial charge < -0.3 is 9.47 Å². The topological polar surface area (TPSA) is 38.4 Å². The van der Waals surface area contributed by atoms with Gasteiger partial charge >= 0.3 is 0 Å². The predicted octanol–water partition coefficient (Wildman–Crippen LogP) is 1.06. The number of hydrogen-bond acceptors (Lipinski definition) is 2. The summed E-state index contributed by atoms with van der Waals surface area (Å²) in [6.07, 6.45) is 0. The normalized spacial score (nSPS) is 10.8. The third-order valence-corrected chi connectivity index (χ3v) is 0.907. The lowest BCUT2D eigenvalue weighted by atomic mass is 10.2. The smallest absolute Gasteiger partial charge is 0.180 e. The van der Waals surface area contributed by atoms with Crippen molar-refractivity contribution in [3.05, 3.63) is 0 Å².